The van der Waals surface area contributed by atoms with Crippen LogP contribution in [0.3, 0.4) is 0 Å². The van der Waals surface area contributed by atoms with Crippen molar-refractivity contribution < 1.29 is 4.79 Å². The van der Waals surface area contributed by atoms with E-state index in [-0.39, 0.29) is 11.2 Å². The molecule has 0 saturated carbocycles. The van der Waals surface area contributed by atoms with Crippen LogP contribution in [0, 0.1) is 13.8 Å². The maximum atomic E-state index is 12.2. The fourth-order valence-corrected chi connectivity index (χ4v) is 2.83. The van der Waals surface area contributed by atoms with E-state index in [1.54, 1.807) is 24.3 Å². The van der Waals surface area contributed by atoms with Crippen LogP contribution in [0.2, 0.25) is 5.02 Å². The molecule has 1 amide bonds. The van der Waals surface area contributed by atoms with Gasteiger partial charge >= 0.3 is 0 Å². The molecule has 2 rings (SSSR count). The number of anilines is 1. The van der Waals surface area contributed by atoms with Crippen molar-refractivity contribution in [1.82, 2.24) is 9.97 Å². The minimum absolute atomic E-state index is 0.106. The number of benzene rings is 1. The molecule has 0 fully saturated rings. The third-order valence-corrected chi connectivity index (χ3v) is 3.90. The number of rotatable bonds is 4. The average molecular weight is 322 g/mol. The molecular formula is C15H16ClN3OS. The Morgan fingerprint density at radius 1 is 1.24 bits per heavy atom. The number of thioether (sulfide) groups is 1. The van der Waals surface area contributed by atoms with E-state index in [1.807, 2.05) is 26.8 Å². The molecule has 0 aliphatic heterocycles. The molecule has 1 heterocycles. The van der Waals surface area contributed by atoms with Crippen molar-refractivity contribution in [2.24, 2.45) is 0 Å². The largest absolute Gasteiger partial charge is 0.325 e. The maximum absolute atomic E-state index is 12.2. The summed E-state index contributed by atoms with van der Waals surface area (Å²) in [4.78, 5) is 20.8. The Hall–Kier alpha value is -1.59. The maximum Gasteiger partial charge on any atom is 0.237 e. The molecule has 1 aromatic heterocycles. The van der Waals surface area contributed by atoms with Gasteiger partial charge in [0.05, 0.1) is 5.25 Å². The summed E-state index contributed by atoms with van der Waals surface area (Å²) in [7, 11) is 0. The molecular weight excluding hydrogens is 306 g/mol. The van der Waals surface area contributed by atoms with E-state index in [0.717, 1.165) is 11.4 Å². The quantitative estimate of drug-likeness (QED) is 0.686. The first-order chi connectivity index (χ1) is 9.94. The first kappa shape index (κ1) is 15.8. The van der Waals surface area contributed by atoms with Gasteiger partial charge in [0.15, 0.2) is 5.16 Å². The summed E-state index contributed by atoms with van der Waals surface area (Å²) in [6, 6.07) is 8.97. The van der Waals surface area contributed by atoms with Crippen molar-refractivity contribution in [3.05, 3.63) is 46.7 Å². The number of aromatic nitrogens is 2. The van der Waals surface area contributed by atoms with Gasteiger partial charge in [-0.15, -0.1) is 0 Å². The van der Waals surface area contributed by atoms with E-state index < -0.39 is 0 Å². The van der Waals surface area contributed by atoms with Crippen LogP contribution in [0.4, 0.5) is 5.69 Å². The minimum atomic E-state index is -0.301. The van der Waals surface area contributed by atoms with Crippen molar-refractivity contribution in [3.63, 3.8) is 0 Å². The summed E-state index contributed by atoms with van der Waals surface area (Å²) in [5.41, 5.74) is 2.47. The molecule has 0 aliphatic rings. The van der Waals surface area contributed by atoms with Gasteiger partial charge in [-0.2, -0.15) is 0 Å². The van der Waals surface area contributed by atoms with Crippen LogP contribution >= 0.6 is 23.4 Å². The molecule has 6 heteroatoms. The van der Waals surface area contributed by atoms with E-state index in [2.05, 4.69) is 15.3 Å². The molecule has 0 aliphatic carbocycles. The highest BCUT2D eigenvalue weighted by atomic mass is 35.5. The van der Waals surface area contributed by atoms with E-state index >= 15 is 0 Å². The van der Waals surface area contributed by atoms with Crippen molar-refractivity contribution in [3.8, 4) is 0 Å². The molecule has 1 atom stereocenters. The first-order valence-electron chi connectivity index (χ1n) is 6.49. The number of hydrogen-bond acceptors (Lipinski definition) is 4. The minimum Gasteiger partial charge on any atom is -0.325 e. The molecule has 1 aromatic carbocycles. The highest BCUT2D eigenvalue weighted by molar-refractivity contribution is 8.00. The SMILES string of the molecule is Cc1cc(C)nc(S[C@@H](C)C(=O)Nc2cccc(Cl)c2)n1. The number of hydrogen-bond donors (Lipinski definition) is 1. The molecule has 4 nitrogen and oxygen atoms in total. The number of carbonyl (C=O) groups is 1. The standard InChI is InChI=1S/C15H16ClN3OS/c1-9-7-10(2)18-15(17-9)21-11(3)14(20)19-13-6-4-5-12(16)8-13/h4-8,11H,1-3H3,(H,19,20)/t11-/m0/s1. The fourth-order valence-electron chi connectivity index (χ4n) is 1.77. The molecule has 21 heavy (non-hydrogen) atoms. The number of aryl methyl sites for hydroxylation is 2. The summed E-state index contributed by atoms with van der Waals surface area (Å²) in [6.07, 6.45) is 0. The predicted molar refractivity (Wildman–Crippen MR) is 86.9 cm³/mol. The Balaban J connectivity index is 2.02. The van der Waals surface area contributed by atoms with Gasteiger partial charge in [-0.1, -0.05) is 29.4 Å². The average Bonchev–Trinajstić information content (AvgIpc) is 2.37. The van der Waals surface area contributed by atoms with Crippen LogP contribution in [-0.2, 0) is 4.79 Å². The highest BCUT2D eigenvalue weighted by Gasteiger charge is 2.16. The summed E-state index contributed by atoms with van der Waals surface area (Å²) in [5, 5.41) is 3.73. The van der Waals surface area contributed by atoms with Crippen LogP contribution in [0.15, 0.2) is 35.5 Å². The Labute approximate surface area is 133 Å². The normalized spacial score (nSPS) is 12.0. The molecule has 2 aromatic rings. The van der Waals surface area contributed by atoms with Gasteiger partial charge in [-0.3, -0.25) is 4.79 Å². The second-order valence-corrected chi connectivity index (χ2v) is 6.44. The van der Waals surface area contributed by atoms with E-state index in [0.29, 0.717) is 15.9 Å². The fraction of sp³-hybridized carbons (Fsp3) is 0.267. The summed E-state index contributed by atoms with van der Waals surface area (Å²) in [6.45, 7) is 5.65. The Morgan fingerprint density at radius 3 is 2.52 bits per heavy atom. The third-order valence-electron chi connectivity index (χ3n) is 2.71. The van der Waals surface area contributed by atoms with E-state index in [4.69, 9.17) is 11.6 Å². The van der Waals surface area contributed by atoms with Crippen LogP contribution in [-0.4, -0.2) is 21.1 Å². The lowest BCUT2D eigenvalue weighted by atomic mass is 10.3. The van der Waals surface area contributed by atoms with Gasteiger partial charge in [-0.25, -0.2) is 9.97 Å². The first-order valence-corrected chi connectivity index (χ1v) is 7.75. The summed E-state index contributed by atoms with van der Waals surface area (Å²) < 4.78 is 0. The van der Waals surface area contributed by atoms with Crippen molar-refractivity contribution in [2.45, 2.75) is 31.2 Å². The lowest BCUT2D eigenvalue weighted by Gasteiger charge is -2.11. The topological polar surface area (TPSA) is 54.9 Å². The molecule has 1 N–H and O–H groups in total. The molecule has 110 valence electrons. The van der Waals surface area contributed by atoms with Gasteiger partial charge in [0.1, 0.15) is 0 Å². The Morgan fingerprint density at radius 2 is 1.90 bits per heavy atom. The number of carbonyl (C=O) groups excluding carboxylic acids is 1. The Kier molecular flexibility index (Phi) is 5.20. The zero-order chi connectivity index (χ0) is 15.4. The van der Waals surface area contributed by atoms with Crippen molar-refractivity contribution >= 4 is 35.0 Å². The second kappa shape index (κ2) is 6.91. The molecule has 0 spiro atoms. The smallest absolute Gasteiger partial charge is 0.237 e. The van der Waals surface area contributed by atoms with Crippen LogP contribution in [0.5, 0.6) is 0 Å². The summed E-state index contributed by atoms with van der Waals surface area (Å²) in [5.74, 6) is -0.106. The number of nitrogens with one attached hydrogen (secondary N) is 1. The van der Waals surface area contributed by atoms with Crippen molar-refractivity contribution in [2.75, 3.05) is 5.32 Å². The van der Waals surface area contributed by atoms with Crippen LogP contribution in [0.25, 0.3) is 0 Å². The number of nitrogens with zero attached hydrogens (tertiary/aromatic N) is 2. The van der Waals surface area contributed by atoms with E-state index in [1.165, 1.54) is 11.8 Å². The van der Waals surface area contributed by atoms with Gasteiger partial charge < -0.3 is 5.32 Å². The predicted octanol–water partition coefficient (Wildman–Crippen LogP) is 3.87. The zero-order valence-corrected chi connectivity index (χ0v) is 13.6. The van der Waals surface area contributed by atoms with Crippen LogP contribution in [0.1, 0.15) is 18.3 Å². The van der Waals surface area contributed by atoms with Crippen LogP contribution < -0.4 is 5.32 Å². The van der Waals surface area contributed by atoms with Gasteiger partial charge in [0.25, 0.3) is 0 Å². The van der Waals surface area contributed by atoms with E-state index in [9.17, 15) is 4.79 Å². The number of halogens is 1. The van der Waals surface area contributed by atoms with Gasteiger partial charge in [0, 0.05) is 22.1 Å². The number of amides is 1. The molecule has 0 radical (unpaired) electrons. The highest BCUT2D eigenvalue weighted by Crippen LogP contribution is 2.22. The molecule has 0 bridgehead atoms. The molecule has 0 unspecified atom stereocenters. The Bertz CT molecular complexity index is 643. The third kappa shape index (κ3) is 4.72. The molecule has 0 saturated heterocycles. The van der Waals surface area contributed by atoms with Gasteiger partial charge in [-0.05, 0) is 45.0 Å². The zero-order valence-electron chi connectivity index (χ0n) is 12.1. The monoisotopic (exact) mass is 321 g/mol. The lowest BCUT2D eigenvalue weighted by molar-refractivity contribution is -0.115. The van der Waals surface area contributed by atoms with Gasteiger partial charge in [0.2, 0.25) is 5.91 Å². The second-order valence-electron chi connectivity index (χ2n) is 4.69. The van der Waals surface area contributed by atoms with Crippen molar-refractivity contribution in [1.29, 1.82) is 0 Å². The lowest BCUT2D eigenvalue weighted by Crippen LogP contribution is -2.22. The summed E-state index contributed by atoms with van der Waals surface area (Å²) >= 11 is 7.23.